The van der Waals surface area contributed by atoms with E-state index in [1.54, 1.807) is 0 Å². The van der Waals surface area contributed by atoms with Gasteiger partial charge in [0.25, 0.3) is 0 Å². The van der Waals surface area contributed by atoms with Crippen molar-refractivity contribution in [1.82, 2.24) is 10.2 Å². The molecule has 2 aliphatic rings. The molecule has 1 atom stereocenters. The Morgan fingerprint density at radius 2 is 2.14 bits per heavy atom. The molecule has 14 heavy (non-hydrogen) atoms. The molecule has 2 aliphatic heterocycles. The number of piperidine rings is 1. The van der Waals surface area contributed by atoms with Crippen LogP contribution < -0.4 is 5.32 Å². The summed E-state index contributed by atoms with van der Waals surface area (Å²) in [5.41, 5.74) is 0. The van der Waals surface area contributed by atoms with Crippen LogP contribution in [-0.2, 0) is 4.74 Å². The van der Waals surface area contributed by atoms with Crippen LogP contribution in [0.15, 0.2) is 0 Å². The minimum Gasteiger partial charge on any atom is -0.378 e. The average molecular weight is 198 g/mol. The molecule has 0 saturated carbocycles. The predicted molar refractivity (Wildman–Crippen MR) is 57.4 cm³/mol. The van der Waals surface area contributed by atoms with Crippen LogP contribution in [0.2, 0.25) is 0 Å². The highest BCUT2D eigenvalue weighted by Crippen LogP contribution is 2.16. The maximum absolute atomic E-state index is 5.46. The SMILES string of the molecule is CC1CCN(CC2COCCN2)CC1. The van der Waals surface area contributed by atoms with E-state index >= 15 is 0 Å². The summed E-state index contributed by atoms with van der Waals surface area (Å²) in [7, 11) is 0. The van der Waals surface area contributed by atoms with Crippen LogP contribution in [0.5, 0.6) is 0 Å². The number of nitrogens with one attached hydrogen (secondary N) is 1. The molecule has 0 spiro atoms. The molecule has 2 fully saturated rings. The number of rotatable bonds is 2. The standard InChI is InChI=1S/C11H22N2O/c1-10-2-5-13(6-3-10)8-11-9-14-7-4-12-11/h10-12H,2-9H2,1H3. The van der Waals surface area contributed by atoms with E-state index in [1.165, 1.54) is 32.5 Å². The van der Waals surface area contributed by atoms with Crippen LogP contribution >= 0.6 is 0 Å². The molecule has 0 radical (unpaired) electrons. The zero-order chi connectivity index (χ0) is 9.80. The molecule has 0 aliphatic carbocycles. The number of hydrogen-bond acceptors (Lipinski definition) is 3. The van der Waals surface area contributed by atoms with E-state index in [1.807, 2.05) is 0 Å². The minimum atomic E-state index is 0.567. The first-order valence-electron chi connectivity index (χ1n) is 5.88. The number of morpholine rings is 1. The highest BCUT2D eigenvalue weighted by molar-refractivity contribution is 4.77. The fourth-order valence-corrected chi connectivity index (χ4v) is 2.29. The summed E-state index contributed by atoms with van der Waals surface area (Å²) in [4.78, 5) is 2.58. The van der Waals surface area contributed by atoms with E-state index in [4.69, 9.17) is 4.74 Å². The largest absolute Gasteiger partial charge is 0.378 e. The second-order valence-corrected chi connectivity index (χ2v) is 4.71. The van der Waals surface area contributed by atoms with Crippen molar-refractivity contribution in [2.24, 2.45) is 5.92 Å². The van der Waals surface area contributed by atoms with Gasteiger partial charge in [0.1, 0.15) is 0 Å². The fraction of sp³-hybridized carbons (Fsp3) is 1.00. The van der Waals surface area contributed by atoms with Gasteiger partial charge in [-0.25, -0.2) is 0 Å². The van der Waals surface area contributed by atoms with Crippen molar-refractivity contribution >= 4 is 0 Å². The van der Waals surface area contributed by atoms with Crippen molar-refractivity contribution in [3.8, 4) is 0 Å². The third-order valence-electron chi connectivity index (χ3n) is 3.35. The molecule has 82 valence electrons. The fourth-order valence-electron chi connectivity index (χ4n) is 2.29. The number of hydrogen-bond donors (Lipinski definition) is 1. The van der Waals surface area contributed by atoms with Crippen LogP contribution in [0.25, 0.3) is 0 Å². The lowest BCUT2D eigenvalue weighted by atomic mass is 9.99. The molecule has 1 unspecified atom stereocenters. The maximum Gasteiger partial charge on any atom is 0.0632 e. The molecule has 0 bridgehead atoms. The molecule has 0 aromatic heterocycles. The van der Waals surface area contributed by atoms with Gasteiger partial charge in [0, 0.05) is 19.1 Å². The molecule has 3 nitrogen and oxygen atoms in total. The van der Waals surface area contributed by atoms with Gasteiger partial charge >= 0.3 is 0 Å². The molecule has 0 aromatic carbocycles. The van der Waals surface area contributed by atoms with E-state index in [0.717, 1.165) is 25.7 Å². The molecule has 3 heteroatoms. The Morgan fingerprint density at radius 1 is 1.36 bits per heavy atom. The topological polar surface area (TPSA) is 24.5 Å². The van der Waals surface area contributed by atoms with Gasteiger partial charge in [-0.15, -0.1) is 0 Å². The lowest BCUT2D eigenvalue weighted by Gasteiger charge is -2.34. The summed E-state index contributed by atoms with van der Waals surface area (Å²) in [5.74, 6) is 0.932. The molecule has 2 saturated heterocycles. The van der Waals surface area contributed by atoms with Gasteiger partial charge in [-0.1, -0.05) is 6.92 Å². The lowest BCUT2D eigenvalue weighted by molar-refractivity contribution is 0.0562. The molecular formula is C11H22N2O. The molecule has 2 rings (SSSR count). The van der Waals surface area contributed by atoms with E-state index in [0.29, 0.717) is 6.04 Å². The average Bonchev–Trinajstić information content (AvgIpc) is 2.23. The minimum absolute atomic E-state index is 0.567. The summed E-state index contributed by atoms with van der Waals surface area (Å²) < 4.78 is 5.46. The van der Waals surface area contributed by atoms with Crippen molar-refractivity contribution in [3.63, 3.8) is 0 Å². The third kappa shape index (κ3) is 2.94. The second kappa shape index (κ2) is 5.10. The van der Waals surface area contributed by atoms with Gasteiger partial charge in [-0.05, 0) is 31.8 Å². The highest BCUT2D eigenvalue weighted by Gasteiger charge is 2.20. The summed E-state index contributed by atoms with van der Waals surface area (Å²) in [5, 5.41) is 3.51. The van der Waals surface area contributed by atoms with E-state index in [9.17, 15) is 0 Å². The Hall–Kier alpha value is -0.120. The van der Waals surface area contributed by atoms with Crippen molar-refractivity contribution in [2.45, 2.75) is 25.8 Å². The Morgan fingerprint density at radius 3 is 2.79 bits per heavy atom. The lowest BCUT2D eigenvalue weighted by Crippen LogP contribution is -2.49. The molecule has 1 N–H and O–H groups in total. The van der Waals surface area contributed by atoms with E-state index in [2.05, 4.69) is 17.1 Å². The Bertz CT molecular complexity index is 161. The van der Waals surface area contributed by atoms with Gasteiger partial charge in [-0.3, -0.25) is 0 Å². The van der Waals surface area contributed by atoms with Crippen molar-refractivity contribution < 1.29 is 4.74 Å². The van der Waals surface area contributed by atoms with Crippen LogP contribution in [0.4, 0.5) is 0 Å². The van der Waals surface area contributed by atoms with E-state index in [-0.39, 0.29) is 0 Å². The van der Waals surface area contributed by atoms with Gasteiger partial charge in [0.15, 0.2) is 0 Å². The molecule has 0 aromatic rings. The van der Waals surface area contributed by atoms with Crippen LogP contribution in [0.3, 0.4) is 0 Å². The zero-order valence-electron chi connectivity index (χ0n) is 9.17. The predicted octanol–water partition coefficient (Wildman–Crippen LogP) is 0.707. The van der Waals surface area contributed by atoms with Crippen molar-refractivity contribution in [1.29, 1.82) is 0 Å². The molecular weight excluding hydrogens is 176 g/mol. The maximum atomic E-state index is 5.46. The Labute approximate surface area is 86.8 Å². The number of likely N-dealkylation sites (tertiary alicyclic amines) is 1. The van der Waals surface area contributed by atoms with Crippen molar-refractivity contribution in [2.75, 3.05) is 39.4 Å². The number of nitrogens with zero attached hydrogens (tertiary/aromatic N) is 1. The normalized spacial score (nSPS) is 31.9. The monoisotopic (exact) mass is 198 g/mol. The first-order valence-corrected chi connectivity index (χ1v) is 5.88. The van der Waals surface area contributed by atoms with Crippen LogP contribution in [0, 0.1) is 5.92 Å². The summed E-state index contributed by atoms with van der Waals surface area (Å²) in [6.07, 6.45) is 2.74. The van der Waals surface area contributed by atoms with Gasteiger partial charge in [0.05, 0.1) is 13.2 Å². The van der Waals surface area contributed by atoms with E-state index < -0.39 is 0 Å². The third-order valence-corrected chi connectivity index (χ3v) is 3.35. The summed E-state index contributed by atoms with van der Waals surface area (Å²) >= 11 is 0. The summed E-state index contributed by atoms with van der Waals surface area (Å²) in [6, 6.07) is 0.567. The number of ether oxygens (including phenoxy) is 1. The zero-order valence-corrected chi connectivity index (χ0v) is 9.17. The Balaban J connectivity index is 1.68. The van der Waals surface area contributed by atoms with Gasteiger partial charge in [-0.2, -0.15) is 0 Å². The van der Waals surface area contributed by atoms with Crippen LogP contribution in [-0.4, -0.2) is 50.3 Å². The van der Waals surface area contributed by atoms with Gasteiger partial charge in [0.2, 0.25) is 0 Å². The smallest absolute Gasteiger partial charge is 0.0632 e. The first-order chi connectivity index (χ1) is 6.84. The first kappa shape index (κ1) is 10.4. The van der Waals surface area contributed by atoms with Gasteiger partial charge < -0.3 is 15.0 Å². The van der Waals surface area contributed by atoms with Crippen LogP contribution in [0.1, 0.15) is 19.8 Å². The quantitative estimate of drug-likeness (QED) is 0.707. The highest BCUT2D eigenvalue weighted by atomic mass is 16.5. The second-order valence-electron chi connectivity index (χ2n) is 4.71. The summed E-state index contributed by atoms with van der Waals surface area (Å²) in [6.45, 7) is 8.89. The molecule has 2 heterocycles. The molecule has 0 amide bonds. The Kier molecular flexibility index (Phi) is 3.79. The van der Waals surface area contributed by atoms with Crippen molar-refractivity contribution in [3.05, 3.63) is 0 Å².